The Balaban J connectivity index is 1.19. The van der Waals surface area contributed by atoms with Crippen molar-refractivity contribution in [2.45, 2.75) is 76.7 Å². The number of carbonyl (C=O) groups excluding carboxylic acids is 1. The van der Waals surface area contributed by atoms with Crippen LogP contribution in [0.25, 0.3) is 0 Å². The highest BCUT2D eigenvalue weighted by molar-refractivity contribution is 5.74. The Morgan fingerprint density at radius 3 is 3.00 bits per heavy atom. The smallest absolute Gasteiger partial charge is 0.315 e. The third kappa shape index (κ3) is 4.01. The van der Waals surface area contributed by atoms with E-state index in [4.69, 9.17) is 4.74 Å². The minimum Gasteiger partial charge on any atom is -0.370 e. The molecule has 0 bridgehead atoms. The van der Waals surface area contributed by atoms with Gasteiger partial charge in [0.25, 0.3) is 0 Å². The molecule has 2 fully saturated rings. The zero-order chi connectivity index (χ0) is 19.8. The van der Waals surface area contributed by atoms with Crippen molar-refractivity contribution in [2.75, 3.05) is 6.61 Å². The normalized spacial score (nSPS) is 26.3. The van der Waals surface area contributed by atoms with Crippen molar-refractivity contribution in [1.29, 1.82) is 0 Å². The van der Waals surface area contributed by atoms with E-state index >= 15 is 0 Å². The summed E-state index contributed by atoms with van der Waals surface area (Å²) in [5, 5.41) is 15.2. The van der Waals surface area contributed by atoms with Gasteiger partial charge in [-0.2, -0.15) is 10.2 Å². The molecule has 9 nitrogen and oxygen atoms in total. The average molecular weight is 399 g/mol. The van der Waals surface area contributed by atoms with Crippen molar-refractivity contribution in [3.63, 3.8) is 0 Å². The van der Waals surface area contributed by atoms with Gasteiger partial charge in [0, 0.05) is 32.2 Å². The standard InChI is InChI=1S/C20H29N7O2/c1-2-17-24-18-6-5-14(12-27(18)25-17)22-20(28)23-15-8-10-29-19(15)16-7-9-21-26(16)11-13-3-4-13/h7,9,13-15,19H,2-6,8,10-12H2,1H3,(H2,22,23,28)/t14?,15-,19-/m1/s1. The number of ether oxygens (including phenoxy) is 1. The number of nitrogens with one attached hydrogen (secondary N) is 2. The van der Waals surface area contributed by atoms with Gasteiger partial charge in [0.05, 0.1) is 24.3 Å². The Labute approximate surface area is 170 Å². The molecular weight excluding hydrogens is 370 g/mol. The van der Waals surface area contributed by atoms with E-state index in [9.17, 15) is 4.79 Å². The quantitative estimate of drug-likeness (QED) is 0.769. The van der Waals surface area contributed by atoms with Crippen LogP contribution in [0, 0.1) is 5.92 Å². The van der Waals surface area contributed by atoms with Crippen molar-refractivity contribution in [2.24, 2.45) is 5.92 Å². The van der Waals surface area contributed by atoms with Gasteiger partial charge in [0.2, 0.25) is 0 Å². The largest absolute Gasteiger partial charge is 0.370 e. The highest BCUT2D eigenvalue weighted by atomic mass is 16.5. The molecule has 1 saturated heterocycles. The summed E-state index contributed by atoms with van der Waals surface area (Å²) in [6.45, 7) is 4.33. The third-order valence-corrected chi connectivity index (χ3v) is 6.13. The summed E-state index contributed by atoms with van der Waals surface area (Å²) < 4.78 is 9.97. The van der Waals surface area contributed by atoms with Crippen molar-refractivity contribution in [3.05, 3.63) is 29.6 Å². The summed E-state index contributed by atoms with van der Waals surface area (Å²) in [6.07, 6.45) is 7.62. The van der Waals surface area contributed by atoms with Crippen molar-refractivity contribution in [1.82, 2.24) is 35.2 Å². The van der Waals surface area contributed by atoms with Crippen LogP contribution in [0.3, 0.4) is 0 Å². The lowest BCUT2D eigenvalue weighted by molar-refractivity contribution is 0.0919. The van der Waals surface area contributed by atoms with Crippen LogP contribution in [-0.2, 0) is 30.7 Å². The van der Waals surface area contributed by atoms with E-state index in [0.717, 1.165) is 55.5 Å². The van der Waals surface area contributed by atoms with Gasteiger partial charge in [-0.05, 0) is 37.7 Å². The lowest BCUT2D eigenvalue weighted by atomic mass is 10.1. The summed E-state index contributed by atoms with van der Waals surface area (Å²) in [4.78, 5) is 17.2. The van der Waals surface area contributed by atoms with Crippen molar-refractivity contribution < 1.29 is 9.53 Å². The molecule has 1 saturated carbocycles. The molecule has 3 aliphatic rings. The molecule has 2 aliphatic heterocycles. The molecule has 1 unspecified atom stereocenters. The molecule has 3 atom stereocenters. The van der Waals surface area contributed by atoms with Gasteiger partial charge in [0.1, 0.15) is 11.9 Å². The third-order valence-electron chi connectivity index (χ3n) is 6.13. The van der Waals surface area contributed by atoms with E-state index in [-0.39, 0.29) is 24.2 Å². The minimum atomic E-state index is -0.137. The first-order valence-electron chi connectivity index (χ1n) is 10.8. The fraction of sp³-hybridized carbons (Fsp3) is 0.700. The number of aryl methyl sites for hydroxylation is 2. The fourth-order valence-corrected chi connectivity index (χ4v) is 4.33. The second-order valence-electron chi connectivity index (χ2n) is 8.40. The maximum absolute atomic E-state index is 12.7. The van der Waals surface area contributed by atoms with Crippen LogP contribution in [0.1, 0.15) is 56.1 Å². The van der Waals surface area contributed by atoms with Crippen LogP contribution >= 0.6 is 0 Å². The second kappa shape index (κ2) is 7.78. The zero-order valence-corrected chi connectivity index (χ0v) is 16.9. The number of nitrogens with zero attached hydrogens (tertiary/aromatic N) is 5. The predicted octanol–water partition coefficient (Wildman–Crippen LogP) is 1.59. The first kappa shape index (κ1) is 18.6. The van der Waals surface area contributed by atoms with Gasteiger partial charge in [-0.3, -0.25) is 4.68 Å². The Morgan fingerprint density at radius 1 is 1.28 bits per heavy atom. The molecular formula is C20H29N7O2. The molecule has 4 heterocycles. The Kier molecular flexibility index (Phi) is 4.99. The molecule has 0 radical (unpaired) electrons. The number of hydrogen-bond donors (Lipinski definition) is 2. The molecule has 0 aromatic carbocycles. The number of fused-ring (bicyclic) bond motifs is 1. The number of carbonyl (C=O) groups is 1. The Morgan fingerprint density at radius 2 is 2.17 bits per heavy atom. The van der Waals surface area contributed by atoms with Crippen molar-refractivity contribution >= 4 is 6.03 Å². The van der Waals surface area contributed by atoms with Crippen LogP contribution in [0.5, 0.6) is 0 Å². The lowest BCUT2D eigenvalue weighted by Gasteiger charge is -2.26. The summed E-state index contributed by atoms with van der Waals surface area (Å²) in [6, 6.07) is 1.91. The maximum atomic E-state index is 12.7. The van der Waals surface area contributed by atoms with Gasteiger partial charge < -0.3 is 15.4 Å². The monoisotopic (exact) mass is 399 g/mol. The summed E-state index contributed by atoms with van der Waals surface area (Å²) in [5.41, 5.74) is 1.07. The van der Waals surface area contributed by atoms with E-state index in [2.05, 4.69) is 37.4 Å². The molecule has 0 spiro atoms. The Hall–Kier alpha value is -2.42. The molecule has 156 valence electrons. The average Bonchev–Trinajstić information content (AvgIpc) is 3.07. The highest BCUT2D eigenvalue weighted by Crippen LogP contribution is 2.34. The molecule has 1 aliphatic carbocycles. The topological polar surface area (TPSA) is 98.9 Å². The fourth-order valence-electron chi connectivity index (χ4n) is 4.33. The van der Waals surface area contributed by atoms with E-state index in [1.54, 1.807) is 0 Å². The van der Waals surface area contributed by atoms with E-state index in [1.165, 1.54) is 12.8 Å². The summed E-state index contributed by atoms with van der Waals surface area (Å²) >= 11 is 0. The van der Waals surface area contributed by atoms with Crippen LogP contribution in [0.4, 0.5) is 4.79 Å². The summed E-state index contributed by atoms with van der Waals surface area (Å²) in [7, 11) is 0. The zero-order valence-electron chi connectivity index (χ0n) is 16.9. The first-order chi connectivity index (χ1) is 14.2. The van der Waals surface area contributed by atoms with E-state index < -0.39 is 0 Å². The predicted molar refractivity (Wildman–Crippen MR) is 105 cm³/mol. The van der Waals surface area contributed by atoms with Gasteiger partial charge in [0.15, 0.2) is 5.82 Å². The number of hydrogen-bond acceptors (Lipinski definition) is 5. The van der Waals surface area contributed by atoms with E-state index in [1.807, 2.05) is 16.9 Å². The van der Waals surface area contributed by atoms with Gasteiger partial charge in [-0.25, -0.2) is 14.5 Å². The van der Waals surface area contributed by atoms with Crippen molar-refractivity contribution in [3.8, 4) is 0 Å². The second-order valence-corrected chi connectivity index (χ2v) is 8.40. The summed E-state index contributed by atoms with van der Waals surface area (Å²) in [5.74, 6) is 2.64. The van der Waals surface area contributed by atoms with Crippen LogP contribution in [0.2, 0.25) is 0 Å². The van der Waals surface area contributed by atoms with Crippen LogP contribution in [0.15, 0.2) is 12.3 Å². The molecule has 2 aromatic heterocycles. The van der Waals surface area contributed by atoms with Crippen LogP contribution in [-0.4, -0.2) is 49.3 Å². The molecule has 29 heavy (non-hydrogen) atoms. The Bertz CT molecular complexity index is 872. The highest BCUT2D eigenvalue weighted by Gasteiger charge is 2.35. The maximum Gasteiger partial charge on any atom is 0.315 e. The van der Waals surface area contributed by atoms with Crippen LogP contribution < -0.4 is 10.6 Å². The van der Waals surface area contributed by atoms with Gasteiger partial charge in [-0.1, -0.05) is 6.92 Å². The minimum absolute atomic E-state index is 0.0399. The van der Waals surface area contributed by atoms with Gasteiger partial charge >= 0.3 is 6.03 Å². The van der Waals surface area contributed by atoms with E-state index in [0.29, 0.717) is 13.2 Å². The molecule has 2 N–H and O–H groups in total. The molecule has 2 aromatic rings. The lowest BCUT2D eigenvalue weighted by Crippen LogP contribution is -2.49. The molecule has 9 heteroatoms. The SMILES string of the molecule is CCc1nc2n(n1)CC(NC(=O)N[C@@H]1CCO[C@H]1c1ccnn1CC1CC1)CC2. The molecule has 5 rings (SSSR count). The number of rotatable bonds is 6. The number of aromatic nitrogens is 5. The molecule has 2 amide bonds. The first-order valence-corrected chi connectivity index (χ1v) is 10.8. The number of urea groups is 1. The van der Waals surface area contributed by atoms with Gasteiger partial charge in [-0.15, -0.1) is 0 Å². The number of amides is 2.